The van der Waals surface area contributed by atoms with Gasteiger partial charge in [0, 0.05) is 24.1 Å². The predicted molar refractivity (Wildman–Crippen MR) is 109 cm³/mol. The van der Waals surface area contributed by atoms with E-state index in [-0.39, 0.29) is 5.91 Å². The van der Waals surface area contributed by atoms with Gasteiger partial charge in [0.05, 0.1) is 6.42 Å². The first-order chi connectivity index (χ1) is 14.2. The van der Waals surface area contributed by atoms with Crippen molar-refractivity contribution in [3.63, 3.8) is 0 Å². The van der Waals surface area contributed by atoms with Crippen molar-refractivity contribution < 1.29 is 9.53 Å². The largest absolute Gasteiger partial charge is 0.439 e. The molecule has 4 rings (SSSR count). The molecular weight excluding hydrogens is 366 g/mol. The number of rotatable bonds is 6. The molecule has 7 nitrogen and oxygen atoms in total. The average Bonchev–Trinajstić information content (AvgIpc) is 3.25. The maximum atomic E-state index is 12.3. The summed E-state index contributed by atoms with van der Waals surface area (Å²) in [5, 5.41) is 2.90. The van der Waals surface area contributed by atoms with Crippen LogP contribution >= 0.6 is 0 Å². The molecule has 2 aromatic carbocycles. The van der Waals surface area contributed by atoms with Crippen molar-refractivity contribution in [2.24, 2.45) is 0 Å². The minimum atomic E-state index is -0.0648. The Morgan fingerprint density at radius 2 is 1.97 bits per heavy atom. The van der Waals surface area contributed by atoms with Crippen LogP contribution in [0.4, 0.5) is 5.69 Å². The zero-order valence-electron chi connectivity index (χ0n) is 15.8. The number of ether oxygens (including phenoxy) is 1. The number of amides is 1. The van der Waals surface area contributed by atoms with Crippen LogP contribution in [0.5, 0.6) is 11.6 Å². The highest BCUT2D eigenvalue weighted by Crippen LogP contribution is 2.22. The van der Waals surface area contributed by atoms with E-state index >= 15 is 0 Å². The van der Waals surface area contributed by atoms with Crippen molar-refractivity contribution in [2.45, 2.75) is 13.3 Å². The highest BCUT2D eigenvalue weighted by Gasteiger charge is 2.06. The van der Waals surface area contributed by atoms with E-state index in [1.165, 1.54) is 6.33 Å². The molecule has 0 aliphatic heterocycles. The summed E-state index contributed by atoms with van der Waals surface area (Å²) in [4.78, 5) is 24.6. The van der Waals surface area contributed by atoms with Crippen LogP contribution in [0.25, 0.3) is 5.82 Å². The predicted octanol–water partition coefficient (Wildman–Crippen LogP) is 3.94. The summed E-state index contributed by atoms with van der Waals surface area (Å²) in [6.45, 7) is 2.01. The fourth-order valence-electron chi connectivity index (χ4n) is 2.86. The highest BCUT2D eigenvalue weighted by molar-refractivity contribution is 5.92. The summed E-state index contributed by atoms with van der Waals surface area (Å²) in [5.41, 5.74) is 2.83. The fraction of sp³-hybridized carbons (Fsp3) is 0.0909. The van der Waals surface area contributed by atoms with Crippen molar-refractivity contribution in [3.8, 4) is 17.4 Å². The highest BCUT2D eigenvalue weighted by atomic mass is 16.5. The lowest BCUT2D eigenvalue weighted by molar-refractivity contribution is -0.115. The van der Waals surface area contributed by atoms with Crippen LogP contribution in [0.2, 0.25) is 0 Å². The summed E-state index contributed by atoms with van der Waals surface area (Å²) in [5.74, 6) is 1.62. The minimum Gasteiger partial charge on any atom is -0.439 e. The normalized spacial score (nSPS) is 10.5. The topological polar surface area (TPSA) is 81.9 Å². The molecule has 0 radical (unpaired) electrons. The van der Waals surface area contributed by atoms with Crippen LogP contribution in [0, 0.1) is 6.92 Å². The number of aryl methyl sites for hydroxylation is 1. The van der Waals surface area contributed by atoms with Gasteiger partial charge in [-0.15, -0.1) is 0 Å². The summed E-state index contributed by atoms with van der Waals surface area (Å²) >= 11 is 0. The Hall–Kier alpha value is -4.00. The van der Waals surface area contributed by atoms with Crippen molar-refractivity contribution in [3.05, 3.63) is 90.8 Å². The molecule has 0 bridgehead atoms. The van der Waals surface area contributed by atoms with Gasteiger partial charge in [-0.1, -0.05) is 29.8 Å². The molecule has 1 N–H and O–H groups in total. The molecule has 0 spiro atoms. The first kappa shape index (κ1) is 18.4. The van der Waals surface area contributed by atoms with E-state index in [2.05, 4.69) is 20.3 Å². The number of carbonyl (C=O) groups is 1. The Labute approximate surface area is 168 Å². The van der Waals surface area contributed by atoms with E-state index in [1.54, 1.807) is 53.6 Å². The molecule has 0 unspecified atom stereocenters. The van der Waals surface area contributed by atoms with Crippen LogP contribution < -0.4 is 10.1 Å². The lowest BCUT2D eigenvalue weighted by Gasteiger charge is -2.09. The van der Waals surface area contributed by atoms with Gasteiger partial charge in [0.25, 0.3) is 0 Å². The Bertz CT molecular complexity index is 1110. The number of nitrogens with zero attached hydrogens (tertiary/aromatic N) is 4. The SMILES string of the molecule is Cc1cccc(CC(=O)Nc2ccc(Oc3cc(-n4ccnc4)ncn3)cc2)c1. The molecule has 0 aliphatic rings. The molecule has 0 fully saturated rings. The molecular formula is C22H19N5O2. The Morgan fingerprint density at radius 3 is 2.72 bits per heavy atom. The van der Waals surface area contributed by atoms with Crippen LogP contribution in [0.15, 0.2) is 79.6 Å². The zero-order chi connectivity index (χ0) is 20.1. The second-order valence-electron chi connectivity index (χ2n) is 6.52. The number of hydrogen-bond donors (Lipinski definition) is 1. The number of imidazole rings is 1. The number of carbonyl (C=O) groups excluding carboxylic acids is 1. The van der Waals surface area contributed by atoms with E-state index in [0.29, 0.717) is 29.6 Å². The monoisotopic (exact) mass is 385 g/mol. The van der Waals surface area contributed by atoms with E-state index in [0.717, 1.165) is 11.1 Å². The van der Waals surface area contributed by atoms with E-state index in [9.17, 15) is 4.79 Å². The zero-order valence-corrected chi connectivity index (χ0v) is 15.8. The van der Waals surface area contributed by atoms with Crippen LogP contribution in [0.1, 0.15) is 11.1 Å². The quantitative estimate of drug-likeness (QED) is 0.544. The first-order valence-corrected chi connectivity index (χ1v) is 9.09. The molecule has 0 saturated heterocycles. The van der Waals surface area contributed by atoms with Gasteiger partial charge in [-0.2, -0.15) is 0 Å². The van der Waals surface area contributed by atoms with Crippen molar-refractivity contribution >= 4 is 11.6 Å². The third kappa shape index (κ3) is 4.84. The van der Waals surface area contributed by atoms with Crippen molar-refractivity contribution in [1.82, 2.24) is 19.5 Å². The first-order valence-electron chi connectivity index (χ1n) is 9.09. The lowest BCUT2D eigenvalue weighted by atomic mass is 10.1. The van der Waals surface area contributed by atoms with Crippen molar-refractivity contribution in [2.75, 3.05) is 5.32 Å². The van der Waals surface area contributed by atoms with Gasteiger partial charge in [-0.3, -0.25) is 9.36 Å². The number of nitrogens with one attached hydrogen (secondary N) is 1. The van der Waals surface area contributed by atoms with Gasteiger partial charge in [0.15, 0.2) is 0 Å². The summed E-state index contributed by atoms with van der Waals surface area (Å²) in [6.07, 6.45) is 6.89. The Balaban J connectivity index is 1.38. The third-order valence-corrected chi connectivity index (χ3v) is 4.20. The summed E-state index contributed by atoms with van der Waals surface area (Å²) in [6, 6.07) is 16.8. The summed E-state index contributed by atoms with van der Waals surface area (Å²) in [7, 11) is 0. The molecule has 144 valence electrons. The molecule has 0 atom stereocenters. The van der Waals surface area contributed by atoms with Crippen LogP contribution in [-0.4, -0.2) is 25.4 Å². The molecule has 29 heavy (non-hydrogen) atoms. The Morgan fingerprint density at radius 1 is 1.10 bits per heavy atom. The van der Waals surface area contributed by atoms with E-state index in [4.69, 9.17) is 4.74 Å². The Kier molecular flexibility index (Phi) is 5.29. The number of aromatic nitrogens is 4. The van der Waals surface area contributed by atoms with Gasteiger partial charge in [-0.25, -0.2) is 15.0 Å². The maximum absolute atomic E-state index is 12.3. The number of benzene rings is 2. The second kappa shape index (κ2) is 8.35. The van der Waals surface area contributed by atoms with Crippen LogP contribution in [-0.2, 0) is 11.2 Å². The van der Waals surface area contributed by atoms with Gasteiger partial charge in [0.2, 0.25) is 11.8 Å². The van der Waals surface area contributed by atoms with Gasteiger partial charge in [-0.05, 0) is 36.8 Å². The maximum Gasteiger partial charge on any atom is 0.228 e. The minimum absolute atomic E-state index is 0.0648. The standard InChI is InChI=1S/C22H19N5O2/c1-16-3-2-4-17(11-16)12-21(28)26-18-5-7-19(8-6-18)29-22-13-20(24-14-25-22)27-10-9-23-15-27/h2-11,13-15H,12H2,1H3,(H,26,28). The average molecular weight is 385 g/mol. The molecule has 2 heterocycles. The van der Waals surface area contributed by atoms with E-state index < -0.39 is 0 Å². The van der Waals surface area contributed by atoms with Crippen LogP contribution in [0.3, 0.4) is 0 Å². The van der Waals surface area contributed by atoms with Crippen molar-refractivity contribution in [1.29, 1.82) is 0 Å². The van der Waals surface area contributed by atoms with Gasteiger partial charge < -0.3 is 10.1 Å². The fourth-order valence-corrected chi connectivity index (χ4v) is 2.86. The number of anilines is 1. The molecule has 0 aliphatic carbocycles. The molecule has 2 aromatic heterocycles. The lowest BCUT2D eigenvalue weighted by Crippen LogP contribution is -2.14. The second-order valence-corrected chi connectivity index (χ2v) is 6.52. The molecule has 4 aromatic rings. The third-order valence-electron chi connectivity index (χ3n) is 4.20. The summed E-state index contributed by atoms with van der Waals surface area (Å²) < 4.78 is 7.55. The molecule has 7 heteroatoms. The van der Waals surface area contributed by atoms with Gasteiger partial charge >= 0.3 is 0 Å². The molecule has 0 saturated carbocycles. The smallest absolute Gasteiger partial charge is 0.228 e. The molecule has 1 amide bonds. The van der Waals surface area contributed by atoms with Gasteiger partial charge in [0.1, 0.15) is 24.2 Å². The van der Waals surface area contributed by atoms with E-state index in [1.807, 2.05) is 31.2 Å². The number of hydrogen-bond acceptors (Lipinski definition) is 5.